The third kappa shape index (κ3) is 5.37. The Hall–Kier alpha value is -6.22. The van der Waals surface area contributed by atoms with Crippen LogP contribution in [0.3, 0.4) is 0 Å². The Morgan fingerprint density at radius 1 is 0.415 bits per heavy atom. The maximum absolute atomic E-state index is 2.44. The highest BCUT2D eigenvalue weighted by molar-refractivity contribution is 7.22. The van der Waals surface area contributed by atoms with Gasteiger partial charge in [-0.1, -0.05) is 147 Å². The highest BCUT2D eigenvalue weighted by Crippen LogP contribution is 2.56. The first-order valence-electron chi connectivity index (χ1n) is 18.3. The Bertz CT molecular complexity index is 2790. The highest BCUT2D eigenvalue weighted by Gasteiger charge is 2.38. The molecule has 53 heavy (non-hydrogen) atoms. The molecule has 1 aliphatic rings. The molecule has 0 unspecified atom stereocenters. The summed E-state index contributed by atoms with van der Waals surface area (Å²) in [7, 11) is 0. The molecule has 0 aliphatic heterocycles. The summed E-state index contributed by atoms with van der Waals surface area (Å²) in [5, 5.41) is 3.90. The first-order valence-corrected chi connectivity index (χ1v) is 19.2. The van der Waals surface area contributed by atoms with Gasteiger partial charge in [-0.2, -0.15) is 0 Å². The van der Waals surface area contributed by atoms with Crippen molar-refractivity contribution in [2.45, 2.75) is 19.3 Å². The second-order valence-electron chi connectivity index (χ2n) is 14.6. The molecule has 0 atom stereocenters. The van der Waals surface area contributed by atoms with Gasteiger partial charge in [0.25, 0.3) is 0 Å². The molecule has 0 bridgehead atoms. The number of hydrogen-bond acceptors (Lipinski definition) is 2. The number of nitrogens with zero attached hydrogens (tertiary/aromatic N) is 1. The van der Waals surface area contributed by atoms with Crippen molar-refractivity contribution < 1.29 is 0 Å². The monoisotopic (exact) mass is 695 g/mol. The summed E-state index contributed by atoms with van der Waals surface area (Å²) in [6.45, 7) is 4.78. The van der Waals surface area contributed by atoms with Crippen molar-refractivity contribution in [2.24, 2.45) is 0 Å². The first-order chi connectivity index (χ1) is 26.0. The van der Waals surface area contributed by atoms with Crippen LogP contribution < -0.4 is 4.90 Å². The van der Waals surface area contributed by atoms with Gasteiger partial charge in [0.15, 0.2) is 0 Å². The second kappa shape index (κ2) is 12.5. The van der Waals surface area contributed by atoms with E-state index in [4.69, 9.17) is 0 Å². The topological polar surface area (TPSA) is 3.24 Å². The van der Waals surface area contributed by atoms with Crippen molar-refractivity contribution in [3.63, 3.8) is 0 Å². The molecule has 2 heteroatoms. The van der Waals surface area contributed by atoms with Crippen molar-refractivity contribution in [3.05, 3.63) is 199 Å². The van der Waals surface area contributed by atoms with Gasteiger partial charge in [0.05, 0.1) is 0 Å². The summed E-state index contributed by atoms with van der Waals surface area (Å²) in [4.78, 5) is 3.80. The standard InChI is InChI=1S/C51H37NS/c1-51(2)47-33-41(25-30-45(47)50-49(51)46-17-8-9-18-48(46)53-50)39-15-10-16-44(32-39)52(42-26-21-36(22-27-42)34-11-4-3-5-12-34)43-28-23-37(24-29-43)40-20-19-35-13-6-7-14-38(35)31-40/h3-33H,1-2H3. The SMILES string of the molecule is CC1(C)c2cc(-c3cccc(N(c4ccc(-c5ccccc5)cc4)c4ccc(-c5ccc6ccccc6c5)cc4)c3)ccc2-c2sc3ccccc3c21. The third-order valence-corrected chi connectivity index (χ3v) is 12.2. The van der Waals surface area contributed by atoms with Gasteiger partial charge in [-0.05, 0) is 121 Å². The molecule has 0 N–H and O–H groups in total. The van der Waals surface area contributed by atoms with Crippen LogP contribution in [0.5, 0.6) is 0 Å². The fourth-order valence-electron chi connectivity index (χ4n) is 8.31. The summed E-state index contributed by atoms with van der Waals surface area (Å²) < 4.78 is 1.37. The van der Waals surface area contributed by atoms with E-state index >= 15 is 0 Å². The lowest BCUT2D eigenvalue weighted by atomic mass is 9.80. The average molecular weight is 696 g/mol. The van der Waals surface area contributed by atoms with Crippen LogP contribution in [0.4, 0.5) is 17.1 Å². The molecule has 8 aromatic carbocycles. The Balaban J connectivity index is 1.05. The molecule has 1 aliphatic carbocycles. The molecular formula is C51H37NS. The Kier molecular flexibility index (Phi) is 7.42. The van der Waals surface area contributed by atoms with Crippen molar-refractivity contribution in [3.8, 4) is 43.8 Å². The molecule has 0 saturated carbocycles. The molecule has 0 radical (unpaired) electrons. The lowest BCUT2D eigenvalue weighted by Crippen LogP contribution is -2.15. The van der Waals surface area contributed by atoms with E-state index in [0.29, 0.717) is 0 Å². The lowest BCUT2D eigenvalue weighted by molar-refractivity contribution is 0.667. The van der Waals surface area contributed by atoms with Gasteiger partial charge in [-0.25, -0.2) is 0 Å². The van der Waals surface area contributed by atoms with E-state index in [1.807, 2.05) is 11.3 Å². The van der Waals surface area contributed by atoms with Crippen molar-refractivity contribution in [1.29, 1.82) is 0 Å². The molecular weight excluding hydrogens is 659 g/mol. The fraction of sp³-hybridized carbons (Fsp3) is 0.0588. The van der Waals surface area contributed by atoms with Crippen molar-refractivity contribution in [1.82, 2.24) is 0 Å². The van der Waals surface area contributed by atoms with E-state index in [1.54, 1.807) is 0 Å². The molecule has 252 valence electrons. The molecule has 0 saturated heterocycles. The maximum Gasteiger partial charge on any atom is 0.0467 e. The average Bonchev–Trinajstić information content (AvgIpc) is 3.71. The molecule has 10 rings (SSSR count). The predicted molar refractivity (Wildman–Crippen MR) is 228 cm³/mol. The molecule has 0 amide bonds. The van der Waals surface area contributed by atoms with Crippen LogP contribution in [0, 0.1) is 0 Å². The Morgan fingerprint density at radius 2 is 0.981 bits per heavy atom. The number of benzene rings is 8. The zero-order valence-corrected chi connectivity index (χ0v) is 30.6. The molecule has 9 aromatic rings. The van der Waals surface area contributed by atoms with E-state index < -0.39 is 0 Å². The minimum Gasteiger partial charge on any atom is -0.310 e. The van der Waals surface area contributed by atoms with Gasteiger partial charge in [-0.3, -0.25) is 0 Å². The minimum absolute atomic E-state index is 0.0722. The van der Waals surface area contributed by atoms with Crippen LogP contribution in [-0.2, 0) is 5.41 Å². The number of thiophene rings is 1. The number of fused-ring (bicyclic) bond motifs is 6. The van der Waals surface area contributed by atoms with Crippen LogP contribution in [0.15, 0.2) is 188 Å². The largest absolute Gasteiger partial charge is 0.310 e. The zero-order chi connectivity index (χ0) is 35.5. The third-order valence-electron chi connectivity index (χ3n) is 11.0. The minimum atomic E-state index is -0.0722. The highest BCUT2D eigenvalue weighted by atomic mass is 32.1. The molecule has 1 aromatic heterocycles. The van der Waals surface area contributed by atoms with E-state index in [2.05, 4.69) is 207 Å². The molecule has 1 heterocycles. The Morgan fingerprint density at radius 3 is 1.75 bits per heavy atom. The molecule has 1 nitrogen and oxygen atoms in total. The number of hydrogen-bond donors (Lipinski definition) is 0. The molecule has 0 fully saturated rings. The van der Waals surface area contributed by atoms with Crippen LogP contribution in [0.1, 0.15) is 25.0 Å². The Labute approximate surface area is 315 Å². The van der Waals surface area contributed by atoms with Gasteiger partial charge in [0.2, 0.25) is 0 Å². The normalized spacial score (nSPS) is 12.9. The lowest BCUT2D eigenvalue weighted by Gasteiger charge is -2.27. The van der Waals surface area contributed by atoms with Gasteiger partial charge in [0, 0.05) is 32.1 Å². The van der Waals surface area contributed by atoms with E-state index in [1.165, 1.54) is 75.8 Å². The fourth-order valence-corrected chi connectivity index (χ4v) is 9.71. The van der Waals surface area contributed by atoms with Gasteiger partial charge >= 0.3 is 0 Å². The summed E-state index contributed by atoms with van der Waals surface area (Å²) in [6.07, 6.45) is 0. The second-order valence-corrected chi connectivity index (χ2v) is 15.6. The van der Waals surface area contributed by atoms with Crippen LogP contribution in [0.2, 0.25) is 0 Å². The maximum atomic E-state index is 2.44. The van der Waals surface area contributed by atoms with Crippen molar-refractivity contribution >= 4 is 49.3 Å². The zero-order valence-electron chi connectivity index (χ0n) is 29.8. The number of anilines is 3. The van der Waals surface area contributed by atoms with Gasteiger partial charge < -0.3 is 4.90 Å². The molecule has 0 spiro atoms. The van der Waals surface area contributed by atoms with Gasteiger partial charge in [-0.15, -0.1) is 11.3 Å². The first kappa shape index (κ1) is 31.5. The summed E-state index contributed by atoms with van der Waals surface area (Å²) in [5.74, 6) is 0. The van der Waals surface area contributed by atoms with E-state index in [-0.39, 0.29) is 5.41 Å². The van der Waals surface area contributed by atoms with Crippen molar-refractivity contribution in [2.75, 3.05) is 4.90 Å². The quantitative estimate of drug-likeness (QED) is 0.167. The van der Waals surface area contributed by atoms with E-state index in [9.17, 15) is 0 Å². The summed E-state index contributed by atoms with van der Waals surface area (Å²) >= 11 is 1.93. The summed E-state index contributed by atoms with van der Waals surface area (Å²) in [5.41, 5.74) is 14.8. The van der Waals surface area contributed by atoms with Gasteiger partial charge in [0.1, 0.15) is 0 Å². The van der Waals surface area contributed by atoms with Crippen LogP contribution >= 0.6 is 11.3 Å². The van der Waals surface area contributed by atoms with Crippen LogP contribution in [-0.4, -0.2) is 0 Å². The smallest absolute Gasteiger partial charge is 0.0467 e. The predicted octanol–water partition coefficient (Wildman–Crippen LogP) is 14.8. The van der Waals surface area contributed by atoms with E-state index in [0.717, 1.165) is 17.1 Å². The van der Waals surface area contributed by atoms with Crippen LogP contribution in [0.25, 0.3) is 64.7 Å². The number of rotatable bonds is 6. The summed E-state index contributed by atoms with van der Waals surface area (Å²) in [6, 6.07) is 68.8.